The van der Waals surface area contributed by atoms with E-state index < -0.39 is 0 Å². The van der Waals surface area contributed by atoms with Gasteiger partial charge in [0.25, 0.3) is 0 Å². The monoisotopic (exact) mass is 177 g/mol. The molecule has 0 radical (unpaired) electrons. The number of hydrogen-bond donors (Lipinski definition) is 1. The van der Waals surface area contributed by atoms with Crippen molar-refractivity contribution in [2.45, 2.75) is 0 Å². The Kier molecular flexibility index (Phi) is 0.950. The number of benzene rings is 1. The Hall–Kier alpha value is -2.18. The van der Waals surface area contributed by atoms with Crippen LogP contribution in [0.1, 0.15) is 0 Å². The SMILES string of the molecule is On1nnc2c3nonc3ccc21. The van der Waals surface area contributed by atoms with E-state index >= 15 is 0 Å². The van der Waals surface area contributed by atoms with Gasteiger partial charge in [-0.05, 0) is 27.7 Å². The summed E-state index contributed by atoms with van der Waals surface area (Å²) >= 11 is 0. The highest BCUT2D eigenvalue weighted by atomic mass is 16.6. The second kappa shape index (κ2) is 1.94. The summed E-state index contributed by atoms with van der Waals surface area (Å²) in [5.41, 5.74) is 2.04. The van der Waals surface area contributed by atoms with Crippen molar-refractivity contribution in [2.75, 3.05) is 0 Å². The lowest BCUT2D eigenvalue weighted by atomic mass is 10.3. The Labute approximate surface area is 70.5 Å². The molecule has 13 heavy (non-hydrogen) atoms. The molecule has 0 aliphatic carbocycles. The van der Waals surface area contributed by atoms with E-state index in [1.54, 1.807) is 12.1 Å². The van der Waals surface area contributed by atoms with Crippen molar-refractivity contribution in [3.8, 4) is 0 Å². The fourth-order valence-electron chi connectivity index (χ4n) is 1.22. The average molecular weight is 177 g/mol. The second-order valence-electron chi connectivity index (χ2n) is 2.54. The smallest absolute Gasteiger partial charge is 0.165 e. The quantitative estimate of drug-likeness (QED) is 0.493. The summed E-state index contributed by atoms with van der Waals surface area (Å²) in [7, 11) is 0. The van der Waals surface area contributed by atoms with Gasteiger partial charge >= 0.3 is 0 Å². The minimum atomic E-state index is 0.473. The summed E-state index contributed by atoms with van der Waals surface area (Å²) in [6.07, 6.45) is 0. The van der Waals surface area contributed by atoms with Crippen molar-refractivity contribution in [3.63, 3.8) is 0 Å². The molecule has 64 valence electrons. The van der Waals surface area contributed by atoms with Crippen LogP contribution in [-0.2, 0) is 0 Å². The van der Waals surface area contributed by atoms with Gasteiger partial charge < -0.3 is 5.21 Å². The fraction of sp³-hybridized carbons (Fsp3) is 0. The number of nitrogens with zero attached hydrogens (tertiary/aromatic N) is 5. The van der Waals surface area contributed by atoms with Crippen molar-refractivity contribution in [2.24, 2.45) is 0 Å². The van der Waals surface area contributed by atoms with E-state index in [1.165, 1.54) is 0 Å². The first-order chi connectivity index (χ1) is 6.36. The van der Waals surface area contributed by atoms with Crippen molar-refractivity contribution in [1.82, 2.24) is 25.5 Å². The Morgan fingerprint density at radius 2 is 2.15 bits per heavy atom. The van der Waals surface area contributed by atoms with Crippen LogP contribution < -0.4 is 0 Å². The van der Waals surface area contributed by atoms with Crippen LogP contribution in [0.4, 0.5) is 0 Å². The molecule has 0 saturated carbocycles. The molecule has 3 rings (SSSR count). The average Bonchev–Trinajstić information content (AvgIpc) is 2.70. The largest absolute Gasteiger partial charge is 0.410 e. The van der Waals surface area contributed by atoms with Crippen LogP contribution in [0.5, 0.6) is 0 Å². The first-order valence-electron chi connectivity index (χ1n) is 3.52. The maximum absolute atomic E-state index is 9.17. The number of fused-ring (bicyclic) bond motifs is 3. The van der Waals surface area contributed by atoms with E-state index in [1.807, 2.05) is 0 Å². The normalized spacial score (nSPS) is 11.4. The summed E-state index contributed by atoms with van der Waals surface area (Å²) in [6.45, 7) is 0. The van der Waals surface area contributed by atoms with Gasteiger partial charge in [-0.3, -0.25) is 0 Å². The second-order valence-corrected chi connectivity index (χ2v) is 2.54. The highest BCUT2D eigenvalue weighted by Crippen LogP contribution is 2.18. The van der Waals surface area contributed by atoms with Crippen LogP contribution >= 0.6 is 0 Å². The first kappa shape index (κ1) is 6.35. The molecule has 2 heterocycles. The first-order valence-corrected chi connectivity index (χ1v) is 3.52. The summed E-state index contributed by atoms with van der Waals surface area (Å²) in [6, 6.07) is 3.31. The molecular weight excluding hydrogens is 174 g/mol. The lowest BCUT2D eigenvalue weighted by Crippen LogP contribution is -1.90. The number of rotatable bonds is 0. The predicted octanol–water partition coefficient (Wildman–Crippen LogP) is 0.205. The van der Waals surface area contributed by atoms with Crippen LogP contribution in [0.15, 0.2) is 16.8 Å². The summed E-state index contributed by atoms with van der Waals surface area (Å²) in [4.78, 5) is 0.684. The number of aromatic nitrogens is 5. The molecule has 3 aromatic rings. The van der Waals surface area contributed by atoms with Crippen molar-refractivity contribution in [1.29, 1.82) is 0 Å². The van der Waals surface area contributed by atoms with Gasteiger partial charge in [0.05, 0.1) is 0 Å². The van der Waals surface area contributed by atoms with E-state index in [4.69, 9.17) is 0 Å². The molecule has 0 fully saturated rings. The zero-order valence-electron chi connectivity index (χ0n) is 6.25. The van der Waals surface area contributed by atoms with Crippen LogP contribution in [0.3, 0.4) is 0 Å². The van der Waals surface area contributed by atoms with Crippen molar-refractivity contribution >= 4 is 22.1 Å². The molecule has 0 saturated heterocycles. The molecule has 0 aliphatic rings. The molecule has 0 spiro atoms. The molecule has 7 heteroatoms. The third-order valence-corrected chi connectivity index (χ3v) is 1.82. The van der Waals surface area contributed by atoms with Crippen molar-refractivity contribution in [3.05, 3.63) is 12.1 Å². The lowest BCUT2D eigenvalue weighted by Gasteiger charge is -1.87. The van der Waals surface area contributed by atoms with E-state index in [-0.39, 0.29) is 0 Å². The maximum atomic E-state index is 9.17. The van der Waals surface area contributed by atoms with E-state index in [2.05, 4.69) is 25.3 Å². The highest BCUT2D eigenvalue weighted by molar-refractivity contribution is 5.98. The third kappa shape index (κ3) is 0.675. The third-order valence-electron chi connectivity index (χ3n) is 1.82. The minimum Gasteiger partial charge on any atom is -0.410 e. The molecule has 7 nitrogen and oxygen atoms in total. The molecule has 2 aromatic heterocycles. The Morgan fingerprint density at radius 1 is 1.23 bits per heavy atom. The van der Waals surface area contributed by atoms with Crippen molar-refractivity contribution < 1.29 is 9.84 Å². The predicted molar refractivity (Wildman–Crippen MR) is 40.1 cm³/mol. The van der Waals surface area contributed by atoms with E-state index in [9.17, 15) is 5.21 Å². The minimum absolute atomic E-state index is 0.473. The van der Waals surface area contributed by atoms with Gasteiger partial charge in [-0.15, -0.1) is 5.10 Å². The lowest BCUT2D eigenvalue weighted by molar-refractivity contribution is 0.155. The molecular formula is C6H3N5O2. The highest BCUT2D eigenvalue weighted by Gasteiger charge is 2.10. The van der Waals surface area contributed by atoms with Crippen LogP contribution in [0.25, 0.3) is 22.1 Å². The zero-order chi connectivity index (χ0) is 8.84. The summed E-state index contributed by atoms with van der Waals surface area (Å²) in [5, 5.41) is 23.6. The summed E-state index contributed by atoms with van der Waals surface area (Å²) < 4.78 is 4.52. The van der Waals surface area contributed by atoms with Gasteiger partial charge in [0.2, 0.25) is 0 Å². The van der Waals surface area contributed by atoms with Gasteiger partial charge in [0.1, 0.15) is 16.6 Å². The summed E-state index contributed by atoms with van der Waals surface area (Å²) in [5.74, 6) is 0. The van der Waals surface area contributed by atoms with Crippen LogP contribution in [-0.4, -0.2) is 30.7 Å². The van der Waals surface area contributed by atoms with Gasteiger partial charge in [-0.25, -0.2) is 4.63 Å². The molecule has 0 aliphatic heterocycles. The molecule has 1 aromatic carbocycles. The van der Waals surface area contributed by atoms with Gasteiger partial charge in [-0.2, -0.15) is 0 Å². The topological polar surface area (TPSA) is 89.9 Å². The van der Waals surface area contributed by atoms with E-state index in [0.717, 1.165) is 0 Å². The standard InChI is InChI=1S/C6H3N5O2/c12-11-4-2-1-3-5(9-13-8-3)6(4)7-10-11/h1-2,12H. The van der Waals surface area contributed by atoms with Gasteiger partial charge in [-0.1, -0.05) is 4.85 Å². The fourth-order valence-corrected chi connectivity index (χ4v) is 1.22. The Bertz CT molecular complexity index is 583. The Balaban J connectivity index is 2.66. The molecule has 0 atom stereocenters. The van der Waals surface area contributed by atoms with E-state index in [0.29, 0.717) is 26.9 Å². The zero-order valence-corrected chi connectivity index (χ0v) is 6.25. The van der Waals surface area contributed by atoms with Crippen LogP contribution in [0.2, 0.25) is 0 Å². The molecule has 1 N–H and O–H groups in total. The molecule has 0 amide bonds. The number of hydrogen-bond acceptors (Lipinski definition) is 6. The maximum Gasteiger partial charge on any atom is 0.165 e. The van der Waals surface area contributed by atoms with Gasteiger partial charge in [0, 0.05) is 0 Å². The molecule has 0 bridgehead atoms. The molecule has 0 unspecified atom stereocenters. The van der Waals surface area contributed by atoms with Crippen LogP contribution in [0, 0.1) is 0 Å². The van der Waals surface area contributed by atoms with Gasteiger partial charge in [0.15, 0.2) is 5.52 Å². The Morgan fingerprint density at radius 3 is 3.08 bits per heavy atom.